The lowest BCUT2D eigenvalue weighted by atomic mass is 9.62. The largest absolute Gasteiger partial charge is 0.380 e. The van der Waals surface area contributed by atoms with E-state index in [1.54, 1.807) is 0 Å². The number of pyridine rings is 1. The molecule has 0 spiro atoms. The first kappa shape index (κ1) is 23.0. The van der Waals surface area contributed by atoms with Gasteiger partial charge >= 0.3 is 0 Å². The monoisotopic (exact) mass is 461 g/mol. The zero-order valence-electron chi connectivity index (χ0n) is 20.6. The van der Waals surface area contributed by atoms with Gasteiger partial charge in [-0.15, -0.1) is 0 Å². The zero-order valence-corrected chi connectivity index (χ0v) is 20.6. The number of hydrogen-bond acceptors (Lipinski definition) is 6. The Kier molecular flexibility index (Phi) is 5.96. The van der Waals surface area contributed by atoms with Gasteiger partial charge in [-0.25, -0.2) is 0 Å². The van der Waals surface area contributed by atoms with E-state index < -0.39 is 5.60 Å². The molecule has 2 aliphatic heterocycles. The first-order valence-electron chi connectivity index (χ1n) is 12.2. The fourth-order valence-electron chi connectivity index (χ4n) is 5.55. The van der Waals surface area contributed by atoms with Crippen LogP contribution in [0, 0.1) is 5.41 Å². The molecule has 2 N–H and O–H groups in total. The molecule has 0 amide bonds. The van der Waals surface area contributed by atoms with Crippen LogP contribution in [0.5, 0.6) is 0 Å². The third-order valence-corrected chi connectivity index (χ3v) is 7.47. The number of nitrogens with zero attached hydrogens (tertiary/aromatic N) is 4. The lowest BCUT2D eigenvalue weighted by Gasteiger charge is -2.55. The highest BCUT2D eigenvalue weighted by atomic mass is 16.5. The molecule has 5 rings (SSSR count). The van der Waals surface area contributed by atoms with Crippen molar-refractivity contribution >= 4 is 5.82 Å². The van der Waals surface area contributed by atoms with Gasteiger partial charge in [0.2, 0.25) is 0 Å². The van der Waals surface area contributed by atoms with E-state index in [4.69, 9.17) is 4.74 Å². The Morgan fingerprint density at radius 3 is 2.41 bits per heavy atom. The highest BCUT2D eigenvalue weighted by Crippen LogP contribution is 2.50. The van der Waals surface area contributed by atoms with Crippen LogP contribution in [0.3, 0.4) is 0 Å². The molecular formula is C27H35N5O2. The van der Waals surface area contributed by atoms with E-state index in [-0.39, 0.29) is 5.41 Å². The van der Waals surface area contributed by atoms with Crippen molar-refractivity contribution < 1.29 is 9.84 Å². The number of H-pyrrole nitrogens is 1. The number of benzene rings is 1. The Morgan fingerprint density at radius 2 is 1.76 bits per heavy atom. The van der Waals surface area contributed by atoms with Gasteiger partial charge in [0.1, 0.15) is 5.60 Å². The number of rotatable bonds is 6. The van der Waals surface area contributed by atoms with Gasteiger partial charge in [-0.2, -0.15) is 5.10 Å². The molecule has 7 nitrogen and oxygen atoms in total. The van der Waals surface area contributed by atoms with Crippen molar-refractivity contribution in [1.82, 2.24) is 20.1 Å². The number of aliphatic hydroxyl groups is 1. The maximum absolute atomic E-state index is 12.4. The quantitative estimate of drug-likeness (QED) is 0.584. The number of morpholine rings is 1. The van der Waals surface area contributed by atoms with Gasteiger partial charge in [-0.3, -0.25) is 10.1 Å². The van der Waals surface area contributed by atoms with Gasteiger partial charge in [0.25, 0.3) is 0 Å². The minimum absolute atomic E-state index is 0.325. The van der Waals surface area contributed by atoms with Gasteiger partial charge in [0.05, 0.1) is 18.9 Å². The van der Waals surface area contributed by atoms with Crippen molar-refractivity contribution in [3.8, 4) is 11.3 Å². The van der Waals surface area contributed by atoms with E-state index >= 15 is 0 Å². The second kappa shape index (κ2) is 8.80. The molecule has 1 atom stereocenters. The van der Waals surface area contributed by atoms with Crippen LogP contribution >= 0.6 is 0 Å². The number of aromatic nitrogens is 3. The SMILES string of the molecule is CC(C)c1ccc([C@](O)(c2cncc(-c3cc(N4CCOCC4)n[nH]3)c2)C2(C)CN(C)C2)cc1. The molecular weight excluding hydrogens is 426 g/mol. The van der Waals surface area contributed by atoms with Gasteiger partial charge in [0, 0.05) is 61.2 Å². The molecule has 0 bridgehead atoms. The molecule has 2 saturated heterocycles. The third-order valence-electron chi connectivity index (χ3n) is 7.47. The lowest BCUT2D eigenvalue weighted by Crippen LogP contribution is -2.63. The maximum Gasteiger partial charge on any atom is 0.151 e. The van der Waals surface area contributed by atoms with Gasteiger partial charge in [-0.05, 0) is 30.2 Å². The number of ether oxygens (including phenoxy) is 1. The summed E-state index contributed by atoms with van der Waals surface area (Å²) in [5, 5.41) is 20.1. The average Bonchev–Trinajstić information content (AvgIpc) is 3.34. The summed E-state index contributed by atoms with van der Waals surface area (Å²) >= 11 is 0. The Hall–Kier alpha value is -2.74. The second-order valence-electron chi connectivity index (χ2n) is 10.4. The van der Waals surface area contributed by atoms with Gasteiger partial charge < -0.3 is 19.6 Å². The Balaban J connectivity index is 1.53. The smallest absolute Gasteiger partial charge is 0.151 e. The summed E-state index contributed by atoms with van der Waals surface area (Å²) in [5.74, 6) is 1.36. The van der Waals surface area contributed by atoms with Crippen LogP contribution in [-0.4, -0.2) is 71.6 Å². The van der Waals surface area contributed by atoms with Crippen LogP contribution in [0.2, 0.25) is 0 Å². The molecule has 0 radical (unpaired) electrons. The van der Waals surface area contributed by atoms with Gasteiger partial charge in [-0.1, -0.05) is 45.0 Å². The first-order chi connectivity index (χ1) is 16.3. The van der Waals surface area contributed by atoms with Crippen molar-refractivity contribution in [3.63, 3.8) is 0 Å². The summed E-state index contributed by atoms with van der Waals surface area (Å²) in [6.45, 7) is 11.3. The molecule has 0 aliphatic carbocycles. The number of aromatic amines is 1. The third kappa shape index (κ3) is 3.91. The number of nitrogens with one attached hydrogen (secondary N) is 1. The Morgan fingerprint density at radius 1 is 1.06 bits per heavy atom. The molecule has 2 aromatic heterocycles. The average molecular weight is 462 g/mol. The Labute approximate surface area is 201 Å². The summed E-state index contributed by atoms with van der Waals surface area (Å²) in [6.07, 6.45) is 3.64. The van der Waals surface area contributed by atoms with E-state index in [0.29, 0.717) is 5.92 Å². The molecule has 3 aromatic rings. The van der Waals surface area contributed by atoms with Crippen LogP contribution < -0.4 is 4.90 Å². The number of hydrogen-bond donors (Lipinski definition) is 2. The van der Waals surface area contributed by atoms with E-state index in [1.807, 2.05) is 12.4 Å². The van der Waals surface area contributed by atoms with Crippen LogP contribution in [0.4, 0.5) is 5.82 Å². The molecule has 34 heavy (non-hydrogen) atoms. The van der Waals surface area contributed by atoms with Crippen LogP contribution in [0.1, 0.15) is 43.4 Å². The van der Waals surface area contributed by atoms with Crippen molar-refractivity contribution in [2.24, 2.45) is 5.41 Å². The van der Waals surface area contributed by atoms with Crippen molar-refractivity contribution in [2.75, 3.05) is 51.3 Å². The molecule has 4 heterocycles. The molecule has 7 heteroatoms. The predicted octanol–water partition coefficient (Wildman–Crippen LogP) is 3.62. The summed E-state index contributed by atoms with van der Waals surface area (Å²) in [6, 6.07) is 12.6. The number of anilines is 1. The summed E-state index contributed by atoms with van der Waals surface area (Å²) < 4.78 is 5.46. The minimum atomic E-state index is -1.16. The molecule has 1 aromatic carbocycles. The van der Waals surface area contributed by atoms with Crippen molar-refractivity contribution in [3.05, 3.63) is 65.5 Å². The maximum atomic E-state index is 12.4. The highest BCUT2D eigenvalue weighted by molar-refractivity contribution is 5.64. The van der Waals surface area contributed by atoms with E-state index in [2.05, 4.69) is 89.2 Å². The second-order valence-corrected chi connectivity index (χ2v) is 10.4. The van der Waals surface area contributed by atoms with E-state index in [9.17, 15) is 5.11 Å². The first-order valence-corrected chi connectivity index (χ1v) is 12.2. The normalized spacial score (nSPS) is 20.2. The van der Waals surface area contributed by atoms with Crippen molar-refractivity contribution in [1.29, 1.82) is 0 Å². The van der Waals surface area contributed by atoms with Crippen LogP contribution in [-0.2, 0) is 10.3 Å². The van der Waals surface area contributed by atoms with Crippen molar-refractivity contribution in [2.45, 2.75) is 32.3 Å². The lowest BCUT2D eigenvalue weighted by molar-refractivity contribution is -0.127. The minimum Gasteiger partial charge on any atom is -0.380 e. The van der Waals surface area contributed by atoms with E-state index in [1.165, 1.54) is 5.56 Å². The van der Waals surface area contributed by atoms with Crippen LogP contribution in [0.15, 0.2) is 48.8 Å². The summed E-state index contributed by atoms with van der Waals surface area (Å²) in [4.78, 5) is 9.02. The topological polar surface area (TPSA) is 77.5 Å². The molecule has 180 valence electrons. The number of likely N-dealkylation sites (tertiary alicyclic amines) is 1. The zero-order chi connectivity index (χ0) is 23.9. The van der Waals surface area contributed by atoms with Crippen LogP contribution in [0.25, 0.3) is 11.3 Å². The standard InChI is InChI=1S/C27H35N5O2/c1-19(2)20-5-7-22(8-6-20)27(33,26(3)17-31(4)18-26)23-13-21(15-28-16-23)24-14-25(30-29-24)32-9-11-34-12-10-32/h5-8,13-16,19,33H,9-12,17-18H2,1-4H3,(H,29,30)/t27-/m0/s1. The fraction of sp³-hybridized carbons (Fsp3) is 0.481. The van der Waals surface area contributed by atoms with Gasteiger partial charge in [0.15, 0.2) is 5.82 Å². The molecule has 0 saturated carbocycles. The molecule has 2 fully saturated rings. The summed E-state index contributed by atoms with van der Waals surface area (Å²) in [7, 11) is 2.09. The predicted molar refractivity (Wildman–Crippen MR) is 134 cm³/mol. The molecule has 0 unspecified atom stereocenters. The summed E-state index contributed by atoms with van der Waals surface area (Å²) in [5.41, 5.74) is 3.30. The van der Waals surface area contributed by atoms with E-state index in [0.717, 1.165) is 67.6 Å². The Bertz CT molecular complexity index is 1130. The molecule has 2 aliphatic rings. The fourth-order valence-corrected chi connectivity index (χ4v) is 5.55. The highest BCUT2D eigenvalue weighted by Gasteiger charge is 2.55.